The van der Waals surface area contributed by atoms with Crippen molar-refractivity contribution in [3.63, 3.8) is 0 Å². The maximum Gasteiger partial charge on any atom is 1.00 e. The molecule has 70 valence electrons. The van der Waals surface area contributed by atoms with Crippen molar-refractivity contribution < 1.29 is 18.9 Å². The quantitative estimate of drug-likeness (QED) is 0.425. The Morgan fingerprint density at radius 2 is 1.86 bits per heavy atom. The van der Waals surface area contributed by atoms with Crippen molar-refractivity contribution in [3.05, 3.63) is 29.3 Å². The third-order valence-electron chi connectivity index (χ3n) is 2.93. The van der Waals surface area contributed by atoms with E-state index >= 15 is 0 Å². The van der Waals surface area contributed by atoms with Crippen molar-refractivity contribution in [1.82, 2.24) is 0 Å². The summed E-state index contributed by atoms with van der Waals surface area (Å²) in [6.07, 6.45) is 2.69. The fourth-order valence-electron chi connectivity index (χ4n) is 1.97. The fraction of sp³-hybridized carbons (Fsp3) is 0.500. The average molecular weight is 181 g/mol. The second-order valence-electron chi connectivity index (χ2n) is 3.81. The van der Waals surface area contributed by atoms with Crippen LogP contribution in [0, 0.1) is 19.9 Å². The number of hydrogen-bond acceptors (Lipinski definition) is 1. The molecule has 0 amide bonds. The van der Waals surface area contributed by atoms with Crippen LogP contribution in [0.3, 0.4) is 0 Å². The summed E-state index contributed by atoms with van der Waals surface area (Å²) in [7, 11) is 0. The maximum atomic E-state index is 3.24. The van der Waals surface area contributed by atoms with Gasteiger partial charge in [0.1, 0.15) is 0 Å². The van der Waals surface area contributed by atoms with Crippen LogP contribution in [-0.4, -0.2) is 13.1 Å². The molecule has 0 aromatic heterocycles. The van der Waals surface area contributed by atoms with E-state index in [4.69, 9.17) is 0 Å². The standard InChI is InChI=1S/C12H16N.Li/c1-10-6-5-7-12(11(10)2)13-8-3-4-9-13;/h5,7H,3-4,8-9H2,1-2H3;/q-1;+1. The van der Waals surface area contributed by atoms with E-state index in [2.05, 4.69) is 30.9 Å². The van der Waals surface area contributed by atoms with Crippen molar-refractivity contribution >= 4 is 5.69 Å². The summed E-state index contributed by atoms with van der Waals surface area (Å²) in [5.41, 5.74) is 4.09. The summed E-state index contributed by atoms with van der Waals surface area (Å²) in [5.74, 6) is 0. The van der Waals surface area contributed by atoms with Gasteiger partial charge in [0, 0.05) is 13.1 Å². The Hall–Kier alpha value is -0.383. The Morgan fingerprint density at radius 3 is 2.50 bits per heavy atom. The third-order valence-corrected chi connectivity index (χ3v) is 2.93. The topological polar surface area (TPSA) is 3.24 Å². The smallest absolute Gasteiger partial charge is 0.393 e. The maximum absolute atomic E-state index is 3.24. The minimum Gasteiger partial charge on any atom is -0.393 e. The molecule has 1 saturated heterocycles. The van der Waals surface area contributed by atoms with Gasteiger partial charge < -0.3 is 4.90 Å². The summed E-state index contributed by atoms with van der Waals surface area (Å²) >= 11 is 0. The summed E-state index contributed by atoms with van der Waals surface area (Å²) in [4.78, 5) is 2.48. The van der Waals surface area contributed by atoms with Crippen molar-refractivity contribution in [1.29, 1.82) is 0 Å². The summed E-state index contributed by atoms with van der Waals surface area (Å²) in [5, 5.41) is 0. The van der Waals surface area contributed by atoms with Crippen molar-refractivity contribution in [2.24, 2.45) is 0 Å². The minimum atomic E-state index is 0. The van der Waals surface area contributed by atoms with Gasteiger partial charge in [-0.2, -0.15) is 17.7 Å². The first kappa shape index (κ1) is 11.7. The monoisotopic (exact) mass is 181 g/mol. The summed E-state index contributed by atoms with van der Waals surface area (Å²) in [6.45, 7) is 6.78. The number of benzene rings is 1. The molecule has 0 aliphatic carbocycles. The minimum absolute atomic E-state index is 0. The zero-order chi connectivity index (χ0) is 9.26. The van der Waals surface area contributed by atoms with Crippen molar-refractivity contribution in [3.8, 4) is 0 Å². The third kappa shape index (κ3) is 2.16. The fourth-order valence-corrected chi connectivity index (χ4v) is 1.97. The van der Waals surface area contributed by atoms with Crippen LogP contribution in [0.5, 0.6) is 0 Å². The van der Waals surface area contributed by atoms with Gasteiger partial charge in [-0.1, -0.05) is 19.5 Å². The van der Waals surface area contributed by atoms with Crippen molar-refractivity contribution in [2.75, 3.05) is 18.0 Å². The molecule has 0 bridgehead atoms. The molecule has 1 aromatic carbocycles. The second kappa shape index (κ2) is 4.91. The number of hydrogen-bond donors (Lipinski definition) is 0. The number of rotatable bonds is 1. The average Bonchev–Trinajstić information content (AvgIpc) is 2.62. The zero-order valence-corrected chi connectivity index (χ0v) is 9.43. The van der Waals surface area contributed by atoms with Crippen LogP contribution in [0.25, 0.3) is 0 Å². The molecular formula is C12H16LiN. The first-order valence-electron chi connectivity index (χ1n) is 5.02. The molecule has 0 spiro atoms. The molecule has 14 heavy (non-hydrogen) atoms. The van der Waals surface area contributed by atoms with E-state index in [1.165, 1.54) is 42.7 Å². The number of anilines is 1. The van der Waals surface area contributed by atoms with Gasteiger partial charge in [0.15, 0.2) is 0 Å². The normalized spacial score (nSPS) is 15.4. The van der Waals surface area contributed by atoms with Gasteiger partial charge in [0.05, 0.1) is 0 Å². The van der Waals surface area contributed by atoms with Crippen LogP contribution >= 0.6 is 0 Å². The Balaban J connectivity index is 0.000000980. The van der Waals surface area contributed by atoms with Crippen LogP contribution in [0.1, 0.15) is 24.0 Å². The van der Waals surface area contributed by atoms with Crippen molar-refractivity contribution in [2.45, 2.75) is 26.7 Å². The van der Waals surface area contributed by atoms with E-state index < -0.39 is 0 Å². The molecule has 2 heteroatoms. The van der Waals surface area contributed by atoms with E-state index in [1.807, 2.05) is 6.07 Å². The molecule has 0 saturated carbocycles. The van der Waals surface area contributed by atoms with E-state index in [9.17, 15) is 0 Å². The first-order chi connectivity index (χ1) is 6.29. The molecule has 0 atom stereocenters. The molecule has 1 aromatic rings. The van der Waals surface area contributed by atoms with Crippen LogP contribution < -0.4 is 23.8 Å². The van der Waals surface area contributed by atoms with Gasteiger partial charge in [-0.05, 0) is 12.8 Å². The molecule has 1 heterocycles. The Bertz CT molecular complexity index is 303. The van der Waals surface area contributed by atoms with Gasteiger partial charge in [-0.25, -0.2) is 0 Å². The SMILES string of the molecule is Cc1[c-]ccc(N2CCCC2)c1C.[Li+]. The molecule has 1 nitrogen and oxygen atoms in total. The zero-order valence-electron chi connectivity index (χ0n) is 9.43. The van der Waals surface area contributed by atoms with Crippen LogP contribution in [-0.2, 0) is 0 Å². The first-order valence-corrected chi connectivity index (χ1v) is 5.02. The van der Waals surface area contributed by atoms with E-state index in [0.29, 0.717) is 0 Å². The second-order valence-corrected chi connectivity index (χ2v) is 3.81. The summed E-state index contributed by atoms with van der Waals surface area (Å²) in [6, 6.07) is 7.46. The Labute approximate surface area is 98.7 Å². The molecular weight excluding hydrogens is 165 g/mol. The van der Waals surface area contributed by atoms with Gasteiger partial charge in [-0.15, -0.1) is 11.6 Å². The van der Waals surface area contributed by atoms with Crippen LogP contribution in [0.15, 0.2) is 12.1 Å². The number of aryl methyl sites for hydroxylation is 1. The molecule has 1 aliphatic heterocycles. The van der Waals surface area contributed by atoms with Gasteiger partial charge >= 0.3 is 18.9 Å². The molecule has 1 aliphatic rings. The molecule has 1 fully saturated rings. The Kier molecular flexibility index (Phi) is 4.10. The number of nitrogens with zero attached hydrogens (tertiary/aromatic N) is 1. The summed E-state index contributed by atoms with van der Waals surface area (Å²) < 4.78 is 0. The predicted molar refractivity (Wildman–Crippen MR) is 56.2 cm³/mol. The van der Waals surface area contributed by atoms with E-state index in [-0.39, 0.29) is 18.9 Å². The van der Waals surface area contributed by atoms with Gasteiger partial charge in [0.25, 0.3) is 0 Å². The molecule has 2 rings (SSSR count). The van der Waals surface area contributed by atoms with E-state index in [0.717, 1.165) is 0 Å². The largest absolute Gasteiger partial charge is 1.00 e. The predicted octanol–water partition coefficient (Wildman–Crippen LogP) is -0.292. The van der Waals surface area contributed by atoms with Crippen LogP contribution in [0.4, 0.5) is 5.69 Å². The molecule has 0 radical (unpaired) electrons. The molecule has 0 N–H and O–H groups in total. The van der Waals surface area contributed by atoms with Gasteiger partial charge in [-0.3, -0.25) is 0 Å². The van der Waals surface area contributed by atoms with Crippen LogP contribution in [0.2, 0.25) is 0 Å². The van der Waals surface area contributed by atoms with E-state index in [1.54, 1.807) is 0 Å². The molecule has 0 unspecified atom stereocenters. The van der Waals surface area contributed by atoms with Gasteiger partial charge in [0.2, 0.25) is 0 Å². The Morgan fingerprint density at radius 1 is 1.21 bits per heavy atom.